The molecular formula is C14H11Cl3N2O2. The SMILES string of the molecule is CCOc1ccc(NC(=O)c2ncc(Cl)c(Cl)c2Cl)cc1. The fourth-order valence-electron chi connectivity index (χ4n) is 1.59. The molecule has 2 rings (SSSR count). The van der Waals surface area contributed by atoms with Gasteiger partial charge in [0.25, 0.3) is 5.91 Å². The summed E-state index contributed by atoms with van der Waals surface area (Å²) in [6.45, 7) is 2.47. The highest BCUT2D eigenvalue weighted by Gasteiger charge is 2.17. The normalized spacial score (nSPS) is 10.3. The van der Waals surface area contributed by atoms with Gasteiger partial charge in [0, 0.05) is 11.9 Å². The number of benzene rings is 1. The predicted octanol–water partition coefficient (Wildman–Crippen LogP) is 4.69. The Bertz CT molecular complexity index is 660. The van der Waals surface area contributed by atoms with E-state index >= 15 is 0 Å². The number of amides is 1. The lowest BCUT2D eigenvalue weighted by Crippen LogP contribution is -2.14. The minimum atomic E-state index is -0.470. The van der Waals surface area contributed by atoms with Crippen LogP contribution in [0.1, 0.15) is 17.4 Å². The van der Waals surface area contributed by atoms with Gasteiger partial charge in [-0.15, -0.1) is 0 Å². The van der Waals surface area contributed by atoms with Gasteiger partial charge in [-0.05, 0) is 31.2 Å². The summed E-state index contributed by atoms with van der Waals surface area (Å²) in [5.74, 6) is 0.254. The maximum atomic E-state index is 12.1. The fourth-order valence-corrected chi connectivity index (χ4v) is 2.16. The van der Waals surface area contributed by atoms with Crippen LogP contribution in [0.5, 0.6) is 5.75 Å². The Morgan fingerprint density at radius 1 is 1.19 bits per heavy atom. The quantitative estimate of drug-likeness (QED) is 0.874. The van der Waals surface area contributed by atoms with Crippen LogP contribution in [0.2, 0.25) is 15.1 Å². The second-order valence-electron chi connectivity index (χ2n) is 3.99. The molecule has 1 N–H and O–H groups in total. The summed E-state index contributed by atoms with van der Waals surface area (Å²) in [4.78, 5) is 16.0. The van der Waals surface area contributed by atoms with E-state index in [1.54, 1.807) is 24.3 Å². The highest BCUT2D eigenvalue weighted by Crippen LogP contribution is 2.31. The van der Waals surface area contributed by atoms with Crippen molar-refractivity contribution in [1.29, 1.82) is 0 Å². The molecule has 0 saturated carbocycles. The van der Waals surface area contributed by atoms with Gasteiger partial charge in [0.15, 0.2) is 0 Å². The van der Waals surface area contributed by atoms with Crippen molar-refractivity contribution < 1.29 is 9.53 Å². The first-order chi connectivity index (χ1) is 10.0. The number of pyridine rings is 1. The zero-order chi connectivity index (χ0) is 15.4. The van der Waals surface area contributed by atoms with Crippen molar-refractivity contribution in [1.82, 2.24) is 4.98 Å². The average molecular weight is 346 g/mol. The van der Waals surface area contributed by atoms with Gasteiger partial charge in [0.1, 0.15) is 11.4 Å². The van der Waals surface area contributed by atoms with E-state index in [9.17, 15) is 4.79 Å². The average Bonchev–Trinajstić information content (AvgIpc) is 2.47. The standard InChI is InChI=1S/C14H11Cl3N2O2/c1-2-21-9-5-3-8(4-6-9)19-14(20)13-12(17)11(16)10(15)7-18-13/h3-7H,2H2,1H3,(H,19,20). The zero-order valence-corrected chi connectivity index (χ0v) is 13.3. The smallest absolute Gasteiger partial charge is 0.275 e. The van der Waals surface area contributed by atoms with Crippen LogP contribution in [0.3, 0.4) is 0 Å². The van der Waals surface area contributed by atoms with Crippen molar-refractivity contribution in [2.24, 2.45) is 0 Å². The number of hydrogen-bond donors (Lipinski definition) is 1. The molecule has 0 radical (unpaired) electrons. The van der Waals surface area contributed by atoms with Crippen LogP contribution in [0.25, 0.3) is 0 Å². The molecule has 21 heavy (non-hydrogen) atoms. The van der Waals surface area contributed by atoms with Crippen LogP contribution in [0.15, 0.2) is 30.5 Å². The lowest BCUT2D eigenvalue weighted by molar-refractivity contribution is 0.102. The van der Waals surface area contributed by atoms with Crippen molar-refractivity contribution in [3.05, 3.63) is 51.2 Å². The van der Waals surface area contributed by atoms with E-state index in [-0.39, 0.29) is 20.8 Å². The summed E-state index contributed by atoms with van der Waals surface area (Å²) in [5, 5.41) is 2.99. The van der Waals surface area contributed by atoms with Crippen molar-refractivity contribution in [3.8, 4) is 5.75 Å². The molecule has 1 aromatic carbocycles. The van der Waals surface area contributed by atoms with Crippen molar-refractivity contribution in [2.45, 2.75) is 6.92 Å². The Balaban J connectivity index is 2.16. The third kappa shape index (κ3) is 3.79. The molecule has 110 valence electrons. The van der Waals surface area contributed by atoms with Gasteiger partial charge in [-0.25, -0.2) is 4.98 Å². The van der Waals surface area contributed by atoms with Gasteiger partial charge in [0.2, 0.25) is 0 Å². The third-order valence-electron chi connectivity index (χ3n) is 2.56. The van der Waals surface area contributed by atoms with E-state index in [2.05, 4.69) is 10.3 Å². The van der Waals surface area contributed by atoms with E-state index in [1.165, 1.54) is 6.20 Å². The Kier molecular flexibility index (Phi) is 5.28. The van der Waals surface area contributed by atoms with Crippen molar-refractivity contribution >= 4 is 46.4 Å². The number of nitrogens with zero attached hydrogens (tertiary/aromatic N) is 1. The third-order valence-corrected chi connectivity index (χ3v) is 3.80. The van der Waals surface area contributed by atoms with Gasteiger partial charge in [-0.2, -0.15) is 0 Å². The Hall–Kier alpha value is -1.49. The maximum Gasteiger partial charge on any atom is 0.275 e. The minimum absolute atomic E-state index is 0.0138. The summed E-state index contributed by atoms with van der Waals surface area (Å²) < 4.78 is 5.32. The number of carbonyl (C=O) groups is 1. The predicted molar refractivity (Wildman–Crippen MR) is 84.8 cm³/mol. The number of rotatable bonds is 4. The molecular weight excluding hydrogens is 335 g/mol. The number of hydrogen-bond acceptors (Lipinski definition) is 3. The van der Waals surface area contributed by atoms with Crippen molar-refractivity contribution in [2.75, 3.05) is 11.9 Å². The number of aromatic nitrogens is 1. The highest BCUT2D eigenvalue weighted by atomic mass is 35.5. The van der Waals surface area contributed by atoms with Crippen LogP contribution in [-0.4, -0.2) is 17.5 Å². The van der Waals surface area contributed by atoms with Crippen LogP contribution < -0.4 is 10.1 Å². The number of anilines is 1. The second-order valence-corrected chi connectivity index (χ2v) is 5.16. The number of nitrogens with one attached hydrogen (secondary N) is 1. The van der Waals surface area contributed by atoms with E-state index < -0.39 is 5.91 Å². The molecule has 7 heteroatoms. The van der Waals surface area contributed by atoms with Gasteiger partial charge >= 0.3 is 0 Å². The first kappa shape index (κ1) is 15.9. The van der Waals surface area contributed by atoms with E-state index in [0.717, 1.165) is 5.75 Å². The molecule has 0 unspecified atom stereocenters. The van der Waals surface area contributed by atoms with Gasteiger partial charge in [-0.3, -0.25) is 4.79 Å². The Morgan fingerprint density at radius 2 is 1.86 bits per heavy atom. The molecule has 0 atom stereocenters. The number of halogens is 3. The highest BCUT2D eigenvalue weighted by molar-refractivity contribution is 6.49. The van der Waals surface area contributed by atoms with Crippen LogP contribution in [0.4, 0.5) is 5.69 Å². The molecule has 1 heterocycles. The minimum Gasteiger partial charge on any atom is -0.494 e. The topological polar surface area (TPSA) is 51.2 Å². The summed E-state index contributed by atoms with van der Waals surface area (Å²) >= 11 is 17.6. The summed E-state index contributed by atoms with van der Waals surface area (Å²) in [5.41, 5.74) is 0.604. The fraction of sp³-hybridized carbons (Fsp3) is 0.143. The Labute approximate surface area is 137 Å². The first-order valence-electron chi connectivity index (χ1n) is 6.06. The summed E-state index contributed by atoms with van der Waals surface area (Å²) in [6, 6.07) is 6.94. The van der Waals surface area contributed by atoms with Crippen LogP contribution in [-0.2, 0) is 0 Å². The van der Waals surface area contributed by atoms with Crippen LogP contribution in [0, 0.1) is 0 Å². The molecule has 1 amide bonds. The van der Waals surface area contributed by atoms with Gasteiger partial charge < -0.3 is 10.1 Å². The molecule has 2 aromatic rings. The molecule has 0 aliphatic rings. The molecule has 0 aliphatic carbocycles. The lowest BCUT2D eigenvalue weighted by atomic mass is 10.2. The van der Waals surface area contributed by atoms with E-state index in [4.69, 9.17) is 39.5 Å². The molecule has 0 spiro atoms. The summed E-state index contributed by atoms with van der Waals surface area (Å²) in [6.07, 6.45) is 1.28. The van der Waals surface area contributed by atoms with E-state index in [0.29, 0.717) is 12.3 Å². The first-order valence-corrected chi connectivity index (χ1v) is 7.20. The monoisotopic (exact) mass is 344 g/mol. The molecule has 0 aliphatic heterocycles. The van der Waals surface area contributed by atoms with Crippen LogP contribution >= 0.6 is 34.8 Å². The van der Waals surface area contributed by atoms with Gasteiger partial charge in [0.05, 0.1) is 21.7 Å². The molecule has 0 fully saturated rings. The van der Waals surface area contributed by atoms with Crippen molar-refractivity contribution in [3.63, 3.8) is 0 Å². The van der Waals surface area contributed by atoms with Gasteiger partial charge in [-0.1, -0.05) is 34.8 Å². The molecule has 4 nitrogen and oxygen atoms in total. The van der Waals surface area contributed by atoms with E-state index in [1.807, 2.05) is 6.92 Å². The number of ether oxygens (including phenoxy) is 1. The second kappa shape index (κ2) is 6.98. The largest absolute Gasteiger partial charge is 0.494 e. The molecule has 1 aromatic heterocycles. The Morgan fingerprint density at radius 3 is 2.48 bits per heavy atom. The number of carbonyl (C=O) groups excluding carboxylic acids is 1. The maximum absolute atomic E-state index is 12.1. The molecule has 0 bridgehead atoms. The lowest BCUT2D eigenvalue weighted by Gasteiger charge is -2.08. The molecule has 0 saturated heterocycles. The zero-order valence-electron chi connectivity index (χ0n) is 11.0. The summed E-state index contributed by atoms with van der Waals surface area (Å²) in [7, 11) is 0.